The van der Waals surface area contributed by atoms with Gasteiger partial charge in [-0.25, -0.2) is 14.4 Å². The van der Waals surface area contributed by atoms with E-state index in [1.54, 1.807) is 18.5 Å². The van der Waals surface area contributed by atoms with Gasteiger partial charge in [0.15, 0.2) is 5.83 Å². The lowest BCUT2D eigenvalue weighted by molar-refractivity contribution is 0.00578. The van der Waals surface area contributed by atoms with E-state index in [0.29, 0.717) is 12.0 Å². The minimum Gasteiger partial charge on any atom is -0.399 e. The summed E-state index contributed by atoms with van der Waals surface area (Å²) in [5.41, 5.74) is 1.08. The molecule has 0 aliphatic carbocycles. The largest absolute Gasteiger partial charge is 0.496 e. The summed E-state index contributed by atoms with van der Waals surface area (Å²) in [6.07, 6.45) is 5.24. The van der Waals surface area contributed by atoms with Crippen molar-refractivity contribution in [2.75, 3.05) is 17.3 Å². The van der Waals surface area contributed by atoms with Crippen LogP contribution in [0.2, 0.25) is 0 Å². The summed E-state index contributed by atoms with van der Waals surface area (Å²) in [5.74, 6) is 0.639. The molecule has 1 aliphatic heterocycles. The van der Waals surface area contributed by atoms with Gasteiger partial charge in [-0.1, -0.05) is 12.1 Å². The highest BCUT2D eigenvalue weighted by Crippen LogP contribution is 2.36. The normalized spacial score (nSPS) is 18.5. The molecule has 31 heavy (non-hydrogen) atoms. The highest BCUT2D eigenvalue weighted by atomic mass is 19.1. The molecule has 7 nitrogen and oxygen atoms in total. The maximum Gasteiger partial charge on any atom is 0.496 e. The van der Waals surface area contributed by atoms with Crippen LogP contribution >= 0.6 is 0 Å². The zero-order chi connectivity index (χ0) is 22.8. The molecule has 2 N–H and O–H groups in total. The van der Waals surface area contributed by atoms with Gasteiger partial charge < -0.3 is 24.9 Å². The van der Waals surface area contributed by atoms with Crippen LogP contribution in [0.3, 0.4) is 0 Å². The summed E-state index contributed by atoms with van der Waals surface area (Å²) < 4.78 is 25.2. The summed E-state index contributed by atoms with van der Waals surface area (Å²) in [6.45, 7) is 10.2. The molecule has 3 heterocycles. The van der Waals surface area contributed by atoms with Crippen molar-refractivity contribution in [3.05, 3.63) is 54.2 Å². The molecule has 0 unspecified atom stereocenters. The molecule has 0 aromatic carbocycles. The predicted molar refractivity (Wildman–Crippen MR) is 123 cm³/mol. The summed E-state index contributed by atoms with van der Waals surface area (Å²) in [7, 11) is 1.53. The van der Waals surface area contributed by atoms with Crippen LogP contribution in [-0.4, -0.2) is 41.6 Å². The third-order valence-electron chi connectivity index (χ3n) is 6.00. The average Bonchev–Trinajstić information content (AvgIpc) is 2.98. The second-order valence-corrected chi connectivity index (χ2v) is 8.62. The molecule has 164 valence electrons. The maximum atomic E-state index is 13.0. The number of nitrogens with one attached hydrogen (secondary N) is 2. The maximum absolute atomic E-state index is 13.0. The van der Waals surface area contributed by atoms with Crippen LogP contribution in [0.5, 0.6) is 0 Å². The summed E-state index contributed by atoms with van der Waals surface area (Å²) in [4.78, 5) is 11.0. The van der Waals surface area contributed by atoms with Crippen LogP contribution in [0.25, 0.3) is 0 Å². The first-order valence-corrected chi connectivity index (χ1v) is 10.2. The Bertz CT molecular complexity index is 931. The van der Waals surface area contributed by atoms with Crippen molar-refractivity contribution in [1.82, 2.24) is 9.97 Å². The van der Waals surface area contributed by atoms with E-state index in [9.17, 15) is 4.39 Å². The Hall–Kier alpha value is -2.78. The first-order valence-electron chi connectivity index (χ1n) is 10.2. The quantitative estimate of drug-likeness (QED) is 0.518. The predicted octanol–water partition coefficient (Wildman–Crippen LogP) is 3.85. The average molecular weight is 425 g/mol. The van der Waals surface area contributed by atoms with Gasteiger partial charge in [-0.15, -0.1) is 0 Å². The molecule has 2 aromatic heterocycles. The fraction of sp³-hybridized carbons (Fsp3) is 0.409. The number of allylic oxidation sites excluding steroid dienone is 1. The molecule has 1 saturated heterocycles. The van der Waals surface area contributed by atoms with Crippen LogP contribution in [0.1, 0.15) is 46.2 Å². The van der Waals surface area contributed by atoms with Crippen molar-refractivity contribution >= 4 is 30.4 Å². The first-order chi connectivity index (χ1) is 14.5. The second kappa shape index (κ2) is 8.76. The van der Waals surface area contributed by atoms with Crippen molar-refractivity contribution in [2.45, 2.75) is 51.9 Å². The van der Waals surface area contributed by atoms with Gasteiger partial charge in [-0.2, -0.15) is 0 Å². The molecule has 1 aliphatic rings. The smallest absolute Gasteiger partial charge is 0.399 e. The lowest BCUT2D eigenvalue weighted by Gasteiger charge is -2.32. The van der Waals surface area contributed by atoms with E-state index in [1.165, 1.54) is 0 Å². The summed E-state index contributed by atoms with van der Waals surface area (Å²) >= 11 is 0. The van der Waals surface area contributed by atoms with Crippen molar-refractivity contribution in [3.8, 4) is 0 Å². The number of rotatable bonds is 7. The lowest BCUT2D eigenvalue weighted by Crippen LogP contribution is -2.41. The number of aromatic nitrogens is 2. The van der Waals surface area contributed by atoms with Crippen LogP contribution in [0, 0.1) is 5.41 Å². The molecule has 0 spiro atoms. The number of hydrogen-bond acceptors (Lipinski definition) is 7. The van der Waals surface area contributed by atoms with E-state index in [4.69, 9.17) is 14.7 Å². The zero-order valence-corrected chi connectivity index (χ0v) is 18.8. The third-order valence-corrected chi connectivity index (χ3v) is 6.00. The van der Waals surface area contributed by atoms with E-state index < -0.39 is 24.1 Å². The Labute approximate surface area is 183 Å². The Kier molecular flexibility index (Phi) is 6.47. The highest BCUT2D eigenvalue weighted by molar-refractivity contribution is 6.62. The molecule has 2 aromatic rings. The van der Waals surface area contributed by atoms with Gasteiger partial charge in [-0.3, -0.25) is 0 Å². The van der Waals surface area contributed by atoms with Gasteiger partial charge in [0.05, 0.1) is 23.5 Å². The van der Waals surface area contributed by atoms with Crippen LogP contribution in [0.15, 0.2) is 48.7 Å². The third kappa shape index (κ3) is 4.94. The Morgan fingerprint density at radius 2 is 1.81 bits per heavy atom. The molecule has 0 amide bonds. The number of pyridine rings is 2. The van der Waals surface area contributed by atoms with Gasteiger partial charge in [0.2, 0.25) is 0 Å². The highest BCUT2D eigenvalue weighted by Gasteiger charge is 2.51. The van der Waals surface area contributed by atoms with E-state index in [0.717, 1.165) is 23.0 Å². The topological polar surface area (TPSA) is 83.4 Å². The van der Waals surface area contributed by atoms with Gasteiger partial charge in [0.25, 0.3) is 0 Å². The van der Waals surface area contributed by atoms with E-state index in [1.807, 2.05) is 57.8 Å². The number of hydrogen-bond donors (Lipinski definition) is 2. The van der Waals surface area contributed by atoms with Crippen LogP contribution < -0.4 is 15.7 Å². The molecule has 0 saturated carbocycles. The van der Waals surface area contributed by atoms with E-state index in [2.05, 4.69) is 22.2 Å². The van der Waals surface area contributed by atoms with Gasteiger partial charge in [0, 0.05) is 31.1 Å². The molecule has 0 radical (unpaired) electrons. The van der Waals surface area contributed by atoms with Gasteiger partial charge >= 0.3 is 7.12 Å². The van der Waals surface area contributed by atoms with Crippen LogP contribution in [-0.2, 0) is 9.31 Å². The Morgan fingerprint density at radius 3 is 2.32 bits per heavy atom. The minimum absolute atomic E-state index is 0.0191. The number of anilines is 2. The van der Waals surface area contributed by atoms with Gasteiger partial charge in [0.1, 0.15) is 11.6 Å². The van der Waals surface area contributed by atoms with Crippen molar-refractivity contribution < 1.29 is 13.7 Å². The fourth-order valence-electron chi connectivity index (χ4n) is 3.07. The standard InChI is InChI=1S/C22H29BFN5O2/c1-15(16-7-9-19(26-12-16)27-14-18(24)11-25)29(6)20-10-8-17(13-28-20)23-30-21(2,3)22(4,5)31-23/h7-15,25H,1-6H3,(H,26,27)/b18-14+,25-11?/t15-/m0/s1. The Balaban J connectivity index is 1.67. The zero-order valence-electron chi connectivity index (χ0n) is 18.8. The number of nitrogens with zero attached hydrogens (tertiary/aromatic N) is 3. The fourth-order valence-corrected chi connectivity index (χ4v) is 3.07. The lowest BCUT2D eigenvalue weighted by atomic mass is 9.80. The molecular weight excluding hydrogens is 396 g/mol. The van der Waals surface area contributed by atoms with E-state index in [-0.39, 0.29) is 6.04 Å². The first kappa shape index (κ1) is 22.9. The molecule has 1 atom stereocenters. The molecular formula is C22H29BFN5O2. The molecule has 3 rings (SSSR count). The van der Waals surface area contributed by atoms with Crippen molar-refractivity contribution in [3.63, 3.8) is 0 Å². The Morgan fingerprint density at radius 1 is 1.13 bits per heavy atom. The summed E-state index contributed by atoms with van der Waals surface area (Å²) in [6, 6.07) is 7.63. The molecule has 9 heteroatoms. The number of halogens is 1. The molecule has 0 bridgehead atoms. The van der Waals surface area contributed by atoms with Crippen molar-refractivity contribution in [2.24, 2.45) is 0 Å². The van der Waals surface area contributed by atoms with Gasteiger partial charge in [-0.05, 0) is 52.3 Å². The van der Waals surface area contributed by atoms with Crippen molar-refractivity contribution in [1.29, 1.82) is 5.41 Å². The van der Waals surface area contributed by atoms with Crippen LogP contribution in [0.4, 0.5) is 16.0 Å². The molecule has 1 fully saturated rings. The second-order valence-electron chi connectivity index (χ2n) is 8.62. The minimum atomic E-state index is -0.672. The van der Waals surface area contributed by atoms with E-state index >= 15 is 0 Å². The monoisotopic (exact) mass is 425 g/mol. The summed E-state index contributed by atoms with van der Waals surface area (Å²) in [5, 5.41) is 9.55. The SMILES string of the molecule is C[C@@H](c1ccc(N/C=C(/F)C=N)nc1)N(C)c1ccc(B2OC(C)(C)C(C)(C)O2)cn1.